The molecule has 1 heteroatoms. The van der Waals surface area contributed by atoms with E-state index in [-0.39, 0.29) is 0 Å². The number of unbranched alkanes of at least 4 members (excludes halogenated alkanes) is 4. The average Bonchev–Trinajstić information content (AvgIpc) is 2.56. The molecule has 2 aromatic rings. The van der Waals surface area contributed by atoms with Crippen molar-refractivity contribution in [1.82, 2.24) is 0 Å². The lowest BCUT2D eigenvalue weighted by atomic mass is 10.2. The molecule has 0 bridgehead atoms. The summed E-state index contributed by atoms with van der Waals surface area (Å²) >= 11 is 0. The zero-order chi connectivity index (χ0) is 14.8. The van der Waals surface area contributed by atoms with Crippen LogP contribution < -0.4 is 10.4 Å². The summed E-state index contributed by atoms with van der Waals surface area (Å²) in [5, 5.41) is 2.94. The third-order valence-corrected chi connectivity index (χ3v) is 6.16. The Balaban J connectivity index is 2.05. The van der Waals surface area contributed by atoms with Crippen molar-refractivity contribution in [3.05, 3.63) is 72.4 Å². The number of benzene rings is 2. The Labute approximate surface area is 131 Å². The topological polar surface area (TPSA) is 0 Å². The van der Waals surface area contributed by atoms with E-state index >= 15 is 0 Å². The Hall–Kier alpha value is -1.60. The molecule has 0 saturated heterocycles. The molecule has 0 spiro atoms. The lowest BCUT2D eigenvalue weighted by molar-refractivity contribution is 0.674. The quantitative estimate of drug-likeness (QED) is 0.501. The standard InChI is InChI=1S/C20H25Si/c1-2-3-4-5-6-13-18-21(19-14-9-7-10-15-19)20-16-11-8-12-17-20/h7-18H,2-6H2,1H3/b18-13+. The van der Waals surface area contributed by atoms with Gasteiger partial charge < -0.3 is 0 Å². The Kier molecular flexibility index (Phi) is 7.03. The molecular weight excluding hydrogens is 268 g/mol. The van der Waals surface area contributed by atoms with Crippen molar-refractivity contribution >= 4 is 19.2 Å². The fourth-order valence-electron chi connectivity index (χ4n) is 2.48. The molecule has 21 heavy (non-hydrogen) atoms. The normalized spacial score (nSPS) is 11.3. The number of hydrogen-bond acceptors (Lipinski definition) is 0. The van der Waals surface area contributed by atoms with Gasteiger partial charge in [0.25, 0.3) is 0 Å². The Morgan fingerprint density at radius 1 is 0.762 bits per heavy atom. The molecule has 0 atom stereocenters. The Morgan fingerprint density at radius 2 is 1.33 bits per heavy atom. The molecule has 0 fully saturated rings. The van der Waals surface area contributed by atoms with Gasteiger partial charge in [0.05, 0.1) is 0 Å². The van der Waals surface area contributed by atoms with Gasteiger partial charge >= 0.3 is 0 Å². The first-order valence-corrected chi connectivity index (χ1v) is 9.64. The van der Waals surface area contributed by atoms with Crippen molar-refractivity contribution in [1.29, 1.82) is 0 Å². The van der Waals surface area contributed by atoms with Gasteiger partial charge in [0.1, 0.15) is 8.80 Å². The molecule has 0 aliphatic carbocycles. The largest absolute Gasteiger partial charge is 0.146 e. The van der Waals surface area contributed by atoms with E-state index in [0.29, 0.717) is 0 Å². The Bertz CT molecular complexity index is 477. The zero-order valence-electron chi connectivity index (χ0n) is 13.0. The van der Waals surface area contributed by atoms with Crippen LogP contribution >= 0.6 is 0 Å². The van der Waals surface area contributed by atoms with Gasteiger partial charge in [-0.25, -0.2) is 0 Å². The summed E-state index contributed by atoms with van der Waals surface area (Å²) in [7, 11) is -0.773. The van der Waals surface area contributed by atoms with Crippen molar-refractivity contribution in [3.8, 4) is 0 Å². The highest BCUT2D eigenvalue weighted by Gasteiger charge is 2.12. The van der Waals surface area contributed by atoms with Crippen molar-refractivity contribution in [2.45, 2.75) is 39.0 Å². The van der Waals surface area contributed by atoms with Crippen LogP contribution in [0.25, 0.3) is 0 Å². The molecule has 0 aromatic heterocycles. The molecule has 0 N–H and O–H groups in total. The van der Waals surface area contributed by atoms with E-state index < -0.39 is 8.80 Å². The molecule has 109 valence electrons. The SMILES string of the molecule is CCCCCC/C=C/[Si](c1ccccc1)c1ccccc1. The summed E-state index contributed by atoms with van der Waals surface area (Å²) in [6, 6.07) is 21.9. The van der Waals surface area contributed by atoms with Gasteiger partial charge in [0.15, 0.2) is 0 Å². The van der Waals surface area contributed by atoms with Crippen LogP contribution in [-0.4, -0.2) is 8.80 Å². The molecule has 0 saturated carbocycles. The molecule has 0 heterocycles. The van der Waals surface area contributed by atoms with Crippen LogP contribution in [0.3, 0.4) is 0 Å². The van der Waals surface area contributed by atoms with Crippen molar-refractivity contribution in [2.75, 3.05) is 0 Å². The minimum Gasteiger partial charge on any atom is -0.0919 e. The molecule has 0 aliphatic rings. The zero-order valence-corrected chi connectivity index (χ0v) is 14.0. The summed E-state index contributed by atoms with van der Waals surface area (Å²) in [6.45, 7) is 2.27. The second kappa shape index (κ2) is 9.35. The monoisotopic (exact) mass is 293 g/mol. The maximum Gasteiger partial charge on any atom is 0.146 e. The van der Waals surface area contributed by atoms with Gasteiger partial charge in [-0.1, -0.05) is 109 Å². The van der Waals surface area contributed by atoms with Crippen LogP contribution in [0.2, 0.25) is 0 Å². The molecule has 1 radical (unpaired) electrons. The summed E-state index contributed by atoms with van der Waals surface area (Å²) in [5.41, 5.74) is 2.47. The lowest BCUT2D eigenvalue weighted by Crippen LogP contribution is -2.40. The molecule has 0 amide bonds. The highest BCUT2D eigenvalue weighted by Crippen LogP contribution is 2.03. The summed E-state index contributed by atoms with van der Waals surface area (Å²) in [5.74, 6) is 0. The van der Waals surface area contributed by atoms with Gasteiger partial charge in [0.2, 0.25) is 0 Å². The second-order valence-corrected chi connectivity index (χ2v) is 7.71. The molecule has 0 unspecified atom stereocenters. The van der Waals surface area contributed by atoms with Crippen molar-refractivity contribution < 1.29 is 0 Å². The Morgan fingerprint density at radius 3 is 1.86 bits per heavy atom. The van der Waals surface area contributed by atoms with Crippen molar-refractivity contribution in [3.63, 3.8) is 0 Å². The molecular formula is C20H25Si. The lowest BCUT2D eigenvalue weighted by Gasteiger charge is -2.11. The van der Waals surface area contributed by atoms with Crippen LogP contribution in [0.5, 0.6) is 0 Å². The van der Waals surface area contributed by atoms with E-state index in [1.165, 1.54) is 42.5 Å². The molecule has 0 nitrogen and oxygen atoms in total. The first-order chi connectivity index (χ1) is 10.4. The van der Waals surface area contributed by atoms with E-state index in [9.17, 15) is 0 Å². The summed E-state index contributed by atoms with van der Waals surface area (Å²) in [4.78, 5) is 0. The van der Waals surface area contributed by atoms with E-state index in [2.05, 4.69) is 79.4 Å². The van der Waals surface area contributed by atoms with E-state index in [4.69, 9.17) is 0 Å². The van der Waals surface area contributed by atoms with Gasteiger partial charge in [0, 0.05) is 0 Å². The van der Waals surface area contributed by atoms with Crippen LogP contribution in [0.1, 0.15) is 39.0 Å². The van der Waals surface area contributed by atoms with Gasteiger partial charge in [-0.3, -0.25) is 0 Å². The predicted molar refractivity (Wildman–Crippen MR) is 95.8 cm³/mol. The first-order valence-electron chi connectivity index (χ1n) is 8.06. The van der Waals surface area contributed by atoms with E-state index in [1.807, 2.05) is 0 Å². The first kappa shape index (κ1) is 15.8. The van der Waals surface area contributed by atoms with Gasteiger partial charge in [-0.15, -0.1) is 0 Å². The fourth-order valence-corrected chi connectivity index (χ4v) is 4.71. The molecule has 2 aromatic carbocycles. The number of rotatable bonds is 8. The smallest absolute Gasteiger partial charge is 0.0919 e. The molecule has 0 aliphatic heterocycles. The van der Waals surface area contributed by atoms with Crippen LogP contribution in [0.15, 0.2) is 72.4 Å². The van der Waals surface area contributed by atoms with Gasteiger partial charge in [-0.2, -0.15) is 0 Å². The minimum absolute atomic E-state index is 0.773. The van der Waals surface area contributed by atoms with Crippen LogP contribution in [0.4, 0.5) is 0 Å². The van der Waals surface area contributed by atoms with E-state index in [0.717, 1.165) is 0 Å². The highest BCUT2D eigenvalue weighted by atomic mass is 28.3. The minimum atomic E-state index is -0.773. The third kappa shape index (κ3) is 5.35. The predicted octanol–water partition coefficient (Wildman–Crippen LogP) is 4.36. The highest BCUT2D eigenvalue weighted by molar-refractivity contribution is 6.89. The number of allylic oxidation sites excluding steroid dienone is 1. The maximum atomic E-state index is 2.47. The van der Waals surface area contributed by atoms with Crippen LogP contribution in [-0.2, 0) is 0 Å². The number of hydrogen-bond donors (Lipinski definition) is 0. The second-order valence-electron chi connectivity index (χ2n) is 5.40. The maximum absolute atomic E-state index is 2.47. The van der Waals surface area contributed by atoms with Crippen LogP contribution in [0, 0.1) is 0 Å². The van der Waals surface area contributed by atoms with Gasteiger partial charge in [-0.05, 0) is 12.8 Å². The third-order valence-electron chi connectivity index (χ3n) is 3.68. The summed E-state index contributed by atoms with van der Waals surface area (Å²) < 4.78 is 0. The van der Waals surface area contributed by atoms with E-state index in [1.54, 1.807) is 0 Å². The molecule has 2 rings (SSSR count). The fraction of sp³-hybridized carbons (Fsp3) is 0.300. The van der Waals surface area contributed by atoms with Crippen molar-refractivity contribution in [2.24, 2.45) is 0 Å². The summed E-state index contributed by atoms with van der Waals surface area (Å²) in [6.07, 6.45) is 8.98. The average molecular weight is 294 g/mol.